The average Bonchev–Trinajstić information content (AvgIpc) is 2.39. The lowest BCUT2D eigenvalue weighted by Crippen LogP contribution is -2.77. The lowest BCUT2D eigenvalue weighted by atomic mass is 9.38. The van der Waals surface area contributed by atoms with Crippen molar-refractivity contribution < 1.29 is 14.3 Å². The van der Waals surface area contributed by atoms with Gasteiger partial charge < -0.3 is 10.1 Å². The minimum Gasteiger partial charge on any atom is -0.445 e. The summed E-state index contributed by atoms with van der Waals surface area (Å²) in [6.45, 7) is 0.272. The molecule has 5 heteroatoms. The molecule has 4 rings (SSSR count). The van der Waals surface area contributed by atoms with Crippen LogP contribution in [0.4, 0.5) is 4.79 Å². The molecule has 1 N–H and O–H groups in total. The van der Waals surface area contributed by atoms with E-state index in [1.165, 1.54) is 0 Å². The van der Waals surface area contributed by atoms with E-state index in [1.807, 2.05) is 30.3 Å². The third-order valence-electron chi connectivity index (χ3n) is 4.32. The molecule has 4 nitrogen and oxygen atoms in total. The molecule has 3 aliphatic carbocycles. The fraction of sp³-hybridized carbons (Fsp3) is 0.467. The van der Waals surface area contributed by atoms with E-state index in [2.05, 4.69) is 21.2 Å². The fourth-order valence-electron chi connectivity index (χ4n) is 3.33. The lowest BCUT2D eigenvalue weighted by Gasteiger charge is -2.69. The van der Waals surface area contributed by atoms with Gasteiger partial charge in [-0.05, 0) is 24.8 Å². The third kappa shape index (κ3) is 2.24. The van der Waals surface area contributed by atoms with Gasteiger partial charge in [-0.15, -0.1) is 0 Å². The highest BCUT2D eigenvalue weighted by Gasteiger charge is 2.71. The first-order chi connectivity index (χ1) is 9.57. The Morgan fingerprint density at radius 3 is 2.45 bits per heavy atom. The second-order valence-corrected chi connectivity index (χ2v) is 6.40. The minimum absolute atomic E-state index is 0.170. The van der Waals surface area contributed by atoms with Crippen molar-refractivity contribution in [2.45, 2.75) is 31.4 Å². The first-order valence-corrected chi connectivity index (χ1v) is 7.78. The number of hydrogen-bond donors (Lipinski definition) is 1. The Kier molecular flexibility index (Phi) is 3.32. The second kappa shape index (κ2) is 4.88. The molecule has 0 aliphatic heterocycles. The Morgan fingerprint density at radius 1 is 1.20 bits per heavy atom. The van der Waals surface area contributed by atoms with E-state index >= 15 is 0 Å². The highest BCUT2D eigenvalue weighted by atomic mass is 79.9. The monoisotopic (exact) mass is 337 g/mol. The van der Waals surface area contributed by atoms with E-state index in [1.54, 1.807) is 0 Å². The van der Waals surface area contributed by atoms with Crippen molar-refractivity contribution in [1.29, 1.82) is 0 Å². The Morgan fingerprint density at radius 2 is 1.85 bits per heavy atom. The maximum absolute atomic E-state index is 11.8. The molecule has 20 heavy (non-hydrogen) atoms. The first kappa shape index (κ1) is 13.6. The molecule has 0 atom stereocenters. The largest absolute Gasteiger partial charge is 0.445 e. The van der Waals surface area contributed by atoms with E-state index < -0.39 is 6.09 Å². The topological polar surface area (TPSA) is 55.4 Å². The molecule has 106 valence electrons. The molecule has 0 unspecified atom stereocenters. The highest BCUT2D eigenvalue weighted by molar-refractivity contribution is 9.09. The molecule has 3 fully saturated rings. The average molecular weight is 338 g/mol. The molecule has 3 aliphatic rings. The SMILES string of the molecule is O=C(NC12CC(C(=O)CBr)(C1)C2)OCc1ccccc1. The quantitative estimate of drug-likeness (QED) is 0.840. The summed E-state index contributed by atoms with van der Waals surface area (Å²) in [7, 11) is 0. The van der Waals surface area contributed by atoms with Gasteiger partial charge in [0, 0.05) is 11.0 Å². The van der Waals surface area contributed by atoms with E-state index in [4.69, 9.17) is 4.74 Å². The number of carbonyl (C=O) groups is 2. The third-order valence-corrected chi connectivity index (χ3v) is 4.83. The van der Waals surface area contributed by atoms with Gasteiger partial charge in [-0.3, -0.25) is 4.79 Å². The zero-order valence-electron chi connectivity index (χ0n) is 11.0. The van der Waals surface area contributed by atoms with Crippen molar-refractivity contribution in [2.75, 3.05) is 5.33 Å². The summed E-state index contributed by atoms with van der Waals surface area (Å²) in [5.74, 6) is 0.249. The maximum Gasteiger partial charge on any atom is 0.407 e. The van der Waals surface area contributed by atoms with Crippen molar-refractivity contribution in [2.24, 2.45) is 5.41 Å². The summed E-state index contributed by atoms with van der Waals surface area (Å²) >= 11 is 3.21. The van der Waals surface area contributed by atoms with Crippen molar-refractivity contribution in [3.8, 4) is 0 Å². The molecule has 0 saturated heterocycles. The van der Waals surface area contributed by atoms with Crippen LogP contribution in [0.1, 0.15) is 24.8 Å². The summed E-state index contributed by atoms with van der Waals surface area (Å²) < 4.78 is 5.20. The summed E-state index contributed by atoms with van der Waals surface area (Å²) in [6.07, 6.45) is 1.87. The number of benzene rings is 1. The number of ketones is 1. The molecule has 1 aromatic rings. The molecule has 1 amide bonds. The minimum atomic E-state index is -0.395. The second-order valence-electron chi connectivity index (χ2n) is 5.83. The predicted octanol–water partition coefficient (Wildman–Crippen LogP) is 2.80. The van der Waals surface area contributed by atoms with Gasteiger partial charge in [-0.25, -0.2) is 4.79 Å². The van der Waals surface area contributed by atoms with Crippen LogP contribution in [0.2, 0.25) is 0 Å². The van der Waals surface area contributed by atoms with Crippen LogP contribution < -0.4 is 5.32 Å². The smallest absolute Gasteiger partial charge is 0.407 e. The summed E-state index contributed by atoms with van der Waals surface area (Å²) in [5, 5.41) is 3.31. The number of halogens is 1. The molecular formula is C15H16BrNO3. The number of carbonyl (C=O) groups excluding carboxylic acids is 2. The van der Waals surface area contributed by atoms with Crippen LogP contribution >= 0.6 is 15.9 Å². The predicted molar refractivity (Wildman–Crippen MR) is 77.6 cm³/mol. The summed E-state index contributed by atoms with van der Waals surface area (Å²) in [6, 6.07) is 9.57. The summed E-state index contributed by atoms with van der Waals surface area (Å²) in [4.78, 5) is 23.5. The number of ether oxygens (including phenoxy) is 1. The highest BCUT2D eigenvalue weighted by Crippen LogP contribution is 2.67. The van der Waals surface area contributed by atoms with Crippen LogP contribution in [-0.4, -0.2) is 22.7 Å². The van der Waals surface area contributed by atoms with E-state index in [0.29, 0.717) is 5.33 Å². The zero-order valence-corrected chi connectivity index (χ0v) is 12.6. The van der Waals surface area contributed by atoms with E-state index in [0.717, 1.165) is 24.8 Å². The van der Waals surface area contributed by atoms with Gasteiger partial charge in [0.2, 0.25) is 0 Å². The molecule has 2 bridgehead atoms. The van der Waals surface area contributed by atoms with Gasteiger partial charge in [0.1, 0.15) is 12.4 Å². The van der Waals surface area contributed by atoms with E-state index in [-0.39, 0.29) is 23.3 Å². The number of amides is 1. The molecule has 0 heterocycles. The Hall–Kier alpha value is -1.36. The van der Waals surface area contributed by atoms with Crippen molar-refractivity contribution in [1.82, 2.24) is 5.32 Å². The molecule has 0 spiro atoms. The fourth-order valence-corrected chi connectivity index (χ4v) is 3.93. The lowest BCUT2D eigenvalue weighted by molar-refractivity contribution is -0.173. The number of alkyl carbamates (subject to hydrolysis) is 1. The molecule has 3 saturated carbocycles. The molecule has 1 aromatic carbocycles. The van der Waals surface area contributed by atoms with E-state index in [9.17, 15) is 9.59 Å². The Bertz CT molecular complexity index is 524. The van der Waals surface area contributed by atoms with Gasteiger partial charge >= 0.3 is 6.09 Å². The van der Waals surface area contributed by atoms with Crippen LogP contribution in [0, 0.1) is 5.41 Å². The van der Waals surface area contributed by atoms with Gasteiger partial charge in [0.25, 0.3) is 0 Å². The number of rotatable bonds is 5. The van der Waals surface area contributed by atoms with Gasteiger partial charge in [0.05, 0.1) is 5.33 Å². The van der Waals surface area contributed by atoms with Gasteiger partial charge in [-0.1, -0.05) is 46.3 Å². The van der Waals surface area contributed by atoms with Crippen LogP contribution in [-0.2, 0) is 16.1 Å². The maximum atomic E-state index is 11.8. The van der Waals surface area contributed by atoms with Gasteiger partial charge in [-0.2, -0.15) is 0 Å². The van der Waals surface area contributed by atoms with Crippen molar-refractivity contribution in [3.63, 3.8) is 0 Å². The standard InChI is InChI=1S/C15H16BrNO3/c16-6-12(18)14-8-15(9-14,10-14)17-13(19)20-7-11-4-2-1-3-5-11/h1-5H,6-10H2,(H,17,19). The van der Waals surface area contributed by atoms with Crippen LogP contribution in [0.3, 0.4) is 0 Å². The molecular weight excluding hydrogens is 322 g/mol. The van der Waals surface area contributed by atoms with Crippen molar-refractivity contribution >= 4 is 27.8 Å². The number of hydrogen-bond acceptors (Lipinski definition) is 3. The normalized spacial score (nSPS) is 29.9. The number of Topliss-reactive ketones (excluding diaryl/α,β-unsaturated/α-hetero) is 1. The molecule has 0 aromatic heterocycles. The first-order valence-electron chi connectivity index (χ1n) is 6.66. The number of alkyl halides is 1. The van der Waals surface area contributed by atoms with Crippen molar-refractivity contribution in [3.05, 3.63) is 35.9 Å². The summed E-state index contributed by atoms with van der Waals surface area (Å²) in [5.41, 5.74) is 0.605. The van der Waals surface area contributed by atoms with Crippen LogP contribution in [0.5, 0.6) is 0 Å². The van der Waals surface area contributed by atoms with Gasteiger partial charge in [0.15, 0.2) is 0 Å². The Balaban J connectivity index is 1.45. The Labute approximate surface area is 126 Å². The van der Waals surface area contributed by atoms with Crippen LogP contribution in [0.25, 0.3) is 0 Å². The number of nitrogens with one attached hydrogen (secondary N) is 1. The zero-order chi connectivity index (χ0) is 14.2. The molecule has 0 radical (unpaired) electrons. The van der Waals surface area contributed by atoms with Crippen LogP contribution in [0.15, 0.2) is 30.3 Å².